The second kappa shape index (κ2) is 4.67. The van der Waals surface area contributed by atoms with Crippen molar-refractivity contribution in [2.45, 2.75) is 6.92 Å². The Bertz CT molecular complexity index is 752. The van der Waals surface area contributed by atoms with E-state index in [2.05, 4.69) is 21.4 Å². The van der Waals surface area contributed by atoms with E-state index < -0.39 is 0 Å². The van der Waals surface area contributed by atoms with Crippen molar-refractivity contribution in [2.75, 3.05) is 5.32 Å². The summed E-state index contributed by atoms with van der Waals surface area (Å²) in [6.45, 7) is 1.89. The van der Waals surface area contributed by atoms with E-state index in [0.717, 1.165) is 21.0 Å². The number of hydrogen-bond acceptors (Lipinski definition) is 5. The summed E-state index contributed by atoms with van der Waals surface area (Å²) in [7, 11) is 0. The first-order chi connectivity index (χ1) is 9.26. The first-order valence-electron chi connectivity index (χ1n) is 5.76. The number of hydrogen-bond donors (Lipinski definition) is 1. The van der Waals surface area contributed by atoms with Gasteiger partial charge < -0.3 is 5.32 Å². The number of aryl methyl sites for hydroxylation is 1. The van der Waals surface area contributed by atoms with Crippen molar-refractivity contribution in [3.05, 3.63) is 47.7 Å². The van der Waals surface area contributed by atoms with Crippen molar-refractivity contribution in [3.8, 4) is 6.07 Å². The van der Waals surface area contributed by atoms with Gasteiger partial charge in [0, 0.05) is 5.69 Å². The van der Waals surface area contributed by atoms with Gasteiger partial charge in [-0.25, -0.2) is 9.97 Å². The number of nitriles is 1. The second-order valence-electron chi connectivity index (χ2n) is 4.07. The van der Waals surface area contributed by atoms with Crippen molar-refractivity contribution in [1.29, 1.82) is 5.26 Å². The highest BCUT2D eigenvalue weighted by Crippen LogP contribution is 2.28. The molecule has 0 aliphatic carbocycles. The standard InChI is InChI=1S/C14H10N4S/c1-9-6-7-10(8-15)13(16-9)18-14-17-11-4-2-3-5-12(11)19-14/h2-7H,1H3,(H,16,17,18). The third-order valence-electron chi connectivity index (χ3n) is 2.67. The lowest BCUT2D eigenvalue weighted by Crippen LogP contribution is -1.97. The van der Waals surface area contributed by atoms with E-state index in [1.807, 2.05) is 37.3 Å². The maximum absolute atomic E-state index is 9.08. The average molecular weight is 266 g/mol. The highest BCUT2D eigenvalue weighted by molar-refractivity contribution is 7.22. The third kappa shape index (κ3) is 2.26. The number of thiazole rings is 1. The van der Waals surface area contributed by atoms with Crippen LogP contribution in [0.1, 0.15) is 11.3 Å². The van der Waals surface area contributed by atoms with Crippen LogP contribution < -0.4 is 5.32 Å². The molecular weight excluding hydrogens is 256 g/mol. The molecule has 2 aromatic heterocycles. The van der Waals surface area contributed by atoms with Crippen LogP contribution in [0.5, 0.6) is 0 Å². The molecule has 92 valence electrons. The number of nitrogens with zero attached hydrogens (tertiary/aromatic N) is 3. The van der Waals surface area contributed by atoms with Gasteiger partial charge in [-0.1, -0.05) is 23.5 Å². The van der Waals surface area contributed by atoms with Crippen LogP contribution in [0, 0.1) is 18.3 Å². The summed E-state index contributed by atoms with van der Waals surface area (Å²) in [5.74, 6) is 0.557. The number of benzene rings is 1. The summed E-state index contributed by atoms with van der Waals surface area (Å²) in [5.41, 5.74) is 2.33. The van der Waals surface area contributed by atoms with Crippen LogP contribution in [-0.2, 0) is 0 Å². The lowest BCUT2D eigenvalue weighted by molar-refractivity contribution is 1.18. The number of aromatic nitrogens is 2. The van der Waals surface area contributed by atoms with Crippen LogP contribution in [0.15, 0.2) is 36.4 Å². The topological polar surface area (TPSA) is 61.6 Å². The Balaban J connectivity index is 2.01. The lowest BCUT2D eigenvalue weighted by Gasteiger charge is -2.04. The Hall–Kier alpha value is -2.45. The van der Waals surface area contributed by atoms with Gasteiger partial charge in [-0.3, -0.25) is 0 Å². The highest BCUT2D eigenvalue weighted by Gasteiger charge is 2.08. The van der Waals surface area contributed by atoms with E-state index in [1.165, 1.54) is 0 Å². The summed E-state index contributed by atoms with van der Waals surface area (Å²) in [6, 6.07) is 13.6. The van der Waals surface area contributed by atoms with Gasteiger partial charge >= 0.3 is 0 Å². The quantitative estimate of drug-likeness (QED) is 0.769. The number of rotatable bonds is 2. The molecular formula is C14H10N4S. The number of pyridine rings is 1. The molecule has 0 radical (unpaired) electrons. The van der Waals surface area contributed by atoms with Gasteiger partial charge in [0.25, 0.3) is 0 Å². The Morgan fingerprint density at radius 1 is 1.16 bits per heavy atom. The van der Waals surface area contributed by atoms with E-state index in [1.54, 1.807) is 17.4 Å². The van der Waals surface area contributed by atoms with E-state index in [0.29, 0.717) is 11.4 Å². The maximum Gasteiger partial charge on any atom is 0.189 e. The summed E-state index contributed by atoms with van der Waals surface area (Å²) in [5, 5.41) is 13.0. The van der Waals surface area contributed by atoms with E-state index in [9.17, 15) is 0 Å². The van der Waals surface area contributed by atoms with Gasteiger partial charge in [0.05, 0.1) is 15.8 Å². The molecule has 1 aromatic carbocycles. The zero-order valence-corrected chi connectivity index (χ0v) is 11.0. The third-order valence-corrected chi connectivity index (χ3v) is 3.63. The van der Waals surface area contributed by atoms with Crippen LogP contribution in [0.2, 0.25) is 0 Å². The summed E-state index contributed by atoms with van der Waals surface area (Å²) >= 11 is 1.55. The fourth-order valence-corrected chi connectivity index (χ4v) is 2.63. The molecule has 19 heavy (non-hydrogen) atoms. The summed E-state index contributed by atoms with van der Waals surface area (Å²) in [4.78, 5) is 8.81. The molecule has 5 heteroatoms. The first-order valence-corrected chi connectivity index (χ1v) is 6.58. The van der Waals surface area contributed by atoms with Crippen molar-refractivity contribution >= 4 is 32.5 Å². The molecule has 0 atom stereocenters. The van der Waals surface area contributed by atoms with Crippen molar-refractivity contribution in [2.24, 2.45) is 0 Å². The molecule has 2 heterocycles. The average Bonchev–Trinajstić information content (AvgIpc) is 2.81. The molecule has 0 spiro atoms. The minimum absolute atomic E-state index is 0.518. The largest absolute Gasteiger partial charge is 0.315 e. The molecule has 0 saturated carbocycles. The maximum atomic E-state index is 9.08. The predicted molar refractivity (Wildman–Crippen MR) is 76.6 cm³/mol. The van der Waals surface area contributed by atoms with E-state index in [-0.39, 0.29) is 0 Å². The van der Waals surface area contributed by atoms with Crippen molar-refractivity contribution < 1.29 is 0 Å². The predicted octanol–water partition coefficient (Wildman–Crippen LogP) is 3.62. The molecule has 0 aliphatic rings. The fourth-order valence-electron chi connectivity index (χ4n) is 1.77. The number of fused-ring (bicyclic) bond motifs is 1. The van der Waals surface area contributed by atoms with Gasteiger partial charge in [0.15, 0.2) is 5.13 Å². The molecule has 0 aliphatic heterocycles. The van der Waals surface area contributed by atoms with Crippen molar-refractivity contribution in [3.63, 3.8) is 0 Å². The van der Waals surface area contributed by atoms with Crippen LogP contribution in [0.3, 0.4) is 0 Å². The molecule has 4 nitrogen and oxygen atoms in total. The van der Waals surface area contributed by atoms with E-state index >= 15 is 0 Å². The zero-order valence-electron chi connectivity index (χ0n) is 10.2. The molecule has 3 rings (SSSR count). The van der Waals surface area contributed by atoms with Crippen LogP contribution in [0.25, 0.3) is 10.2 Å². The van der Waals surface area contributed by atoms with Gasteiger partial charge in [-0.05, 0) is 31.2 Å². The summed E-state index contributed by atoms with van der Waals surface area (Å²) < 4.78 is 1.11. The second-order valence-corrected chi connectivity index (χ2v) is 5.10. The van der Waals surface area contributed by atoms with Crippen LogP contribution in [-0.4, -0.2) is 9.97 Å². The first kappa shape index (κ1) is 11.6. The Labute approximate surface area is 114 Å². The zero-order chi connectivity index (χ0) is 13.2. The fraction of sp³-hybridized carbons (Fsp3) is 0.0714. The molecule has 3 aromatic rings. The van der Waals surface area contributed by atoms with Gasteiger partial charge in [0.1, 0.15) is 11.9 Å². The molecule has 0 saturated heterocycles. The van der Waals surface area contributed by atoms with Gasteiger partial charge in [-0.2, -0.15) is 5.26 Å². The molecule has 0 unspecified atom stereocenters. The Kier molecular flexibility index (Phi) is 2.86. The molecule has 0 bridgehead atoms. The Morgan fingerprint density at radius 3 is 2.79 bits per heavy atom. The smallest absolute Gasteiger partial charge is 0.189 e. The molecule has 0 amide bonds. The van der Waals surface area contributed by atoms with Crippen molar-refractivity contribution in [1.82, 2.24) is 9.97 Å². The monoisotopic (exact) mass is 266 g/mol. The molecule has 0 fully saturated rings. The number of anilines is 2. The van der Waals surface area contributed by atoms with Gasteiger partial charge in [0.2, 0.25) is 0 Å². The normalized spacial score (nSPS) is 10.3. The number of nitrogens with one attached hydrogen (secondary N) is 1. The minimum atomic E-state index is 0.518. The van der Waals surface area contributed by atoms with Crippen LogP contribution in [0.4, 0.5) is 10.9 Å². The Morgan fingerprint density at radius 2 is 2.00 bits per heavy atom. The minimum Gasteiger partial charge on any atom is -0.315 e. The SMILES string of the molecule is Cc1ccc(C#N)c(Nc2nc3ccccc3s2)n1. The van der Waals surface area contributed by atoms with Crippen LogP contribution >= 0.6 is 11.3 Å². The van der Waals surface area contributed by atoms with Gasteiger partial charge in [-0.15, -0.1) is 0 Å². The number of para-hydroxylation sites is 1. The highest BCUT2D eigenvalue weighted by atomic mass is 32.1. The van der Waals surface area contributed by atoms with E-state index in [4.69, 9.17) is 5.26 Å². The molecule has 1 N–H and O–H groups in total. The summed E-state index contributed by atoms with van der Waals surface area (Å²) in [6.07, 6.45) is 0. The lowest BCUT2D eigenvalue weighted by atomic mass is 10.2.